The molecule has 0 saturated heterocycles. The minimum atomic E-state index is -0.697. The van der Waals surface area contributed by atoms with E-state index in [0.29, 0.717) is 28.1 Å². The molecule has 3 aromatic rings. The van der Waals surface area contributed by atoms with Gasteiger partial charge in [-0.2, -0.15) is 0 Å². The molecule has 0 fully saturated rings. The van der Waals surface area contributed by atoms with E-state index in [4.69, 9.17) is 9.47 Å². The molecule has 1 heterocycles. The Morgan fingerprint density at radius 3 is 2.31 bits per heavy atom. The second-order valence-corrected chi connectivity index (χ2v) is 7.16. The first-order chi connectivity index (χ1) is 15.5. The summed E-state index contributed by atoms with van der Waals surface area (Å²) < 4.78 is 23.8. The van der Waals surface area contributed by atoms with Crippen LogP contribution in [0.2, 0.25) is 0 Å². The van der Waals surface area contributed by atoms with E-state index in [2.05, 4.69) is 10.6 Å². The number of hydrogen-bond donors (Lipinski definition) is 2. The highest BCUT2D eigenvalue weighted by molar-refractivity contribution is 6.04. The summed E-state index contributed by atoms with van der Waals surface area (Å²) >= 11 is 0. The number of esters is 1. The molecule has 0 bridgehead atoms. The maximum absolute atomic E-state index is 13.0. The fraction of sp³-hybridized carbons (Fsp3) is 0.120. The molecule has 0 aliphatic carbocycles. The minimum absolute atomic E-state index is 0.287. The predicted molar refractivity (Wildman–Crippen MR) is 117 cm³/mol. The Bertz CT molecular complexity index is 1140. The van der Waals surface area contributed by atoms with Crippen molar-refractivity contribution < 1.29 is 23.5 Å². The van der Waals surface area contributed by atoms with Crippen LogP contribution < -0.4 is 15.4 Å². The number of nitrogens with one attached hydrogen (secondary N) is 2. The minimum Gasteiger partial charge on any atom is -0.489 e. The second kappa shape index (κ2) is 9.34. The number of ether oxygens (including phenoxy) is 2. The molecular weight excluding hydrogens is 411 g/mol. The molecular formula is C25H21FN2O4. The number of halogens is 1. The van der Waals surface area contributed by atoms with Gasteiger partial charge in [-0.15, -0.1) is 0 Å². The first-order valence-corrected chi connectivity index (χ1v) is 9.98. The average molecular weight is 432 g/mol. The van der Waals surface area contributed by atoms with Gasteiger partial charge in [0.2, 0.25) is 0 Å². The topological polar surface area (TPSA) is 76.7 Å². The normalized spacial score (nSPS) is 15.6. The van der Waals surface area contributed by atoms with E-state index >= 15 is 0 Å². The van der Waals surface area contributed by atoms with Gasteiger partial charge in [-0.05, 0) is 41.0 Å². The van der Waals surface area contributed by atoms with Crippen molar-refractivity contribution in [1.29, 1.82) is 0 Å². The molecule has 1 atom stereocenters. The maximum atomic E-state index is 13.0. The molecule has 2 amide bonds. The van der Waals surface area contributed by atoms with Gasteiger partial charge in [0.1, 0.15) is 18.2 Å². The Hall–Kier alpha value is -4.13. The Balaban J connectivity index is 1.61. The van der Waals surface area contributed by atoms with Crippen molar-refractivity contribution in [3.63, 3.8) is 0 Å². The number of rotatable bonds is 6. The van der Waals surface area contributed by atoms with Gasteiger partial charge in [0.15, 0.2) is 0 Å². The van der Waals surface area contributed by atoms with Crippen LogP contribution in [0.1, 0.15) is 22.7 Å². The second-order valence-electron chi connectivity index (χ2n) is 7.16. The number of methoxy groups -OCH3 is 1. The van der Waals surface area contributed by atoms with Crippen molar-refractivity contribution in [2.45, 2.75) is 12.6 Å². The third kappa shape index (κ3) is 4.62. The Labute approximate surface area is 184 Å². The van der Waals surface area contributed by atoms with Gasteiger partial charge < -0.3 is 20.1 Å². The molecule has 32 heavy (non-hydrogen) atoms. The first-order valence-electron chi connectivity index (χ1n) is 9.98. The van der Waals surface area contributed by atoms with E-state index in [1.54, 1.807) is 36.4 Å². The molecule has 0 spiro atoms. The number of carbonyl (C=O) groups is 2. The maximum Gasteiger partial charge on any atom is 0.338 e. The molecule has 6 nitrogen and oxygen atoms in total. The summed E-state index contributed by atoms with van der Waals surface area (Å²) in [7, 11) is 1.30. The molecule has 1 aliphatic rings. The third-order valence-corrected chi connectivity index (χ3v) is 5.07. The summed E-state index contributed by atoms with van der Waals surface area (Å²) in [5, 5.41) is 5.52. The highest BCUT2D eigenvalue weighted by Gasteiger charge is 2.34. The summed E-state index contributed by atoms with van der Waals surface area (Å²) in [5.74, 6) is -0.241. The van der Waals surface area contributed by atoms with Crippen LogP contribution >= 0.6 is 0 Å². The Kier molecular flexibility index (Phi) is 6.17. The quantitative estimate of drug-likeness (QED) is 0.568. The zero-order valence-electron chi connectivity index (χ0n) is 17.3. The van der Waals surface area contributed by atoms with E-state index in [9.17, 15) is 14.0 Å². The van der Waals surface area contributed by atoms with Crippen molar-refractivity contribution in [2.75, 3.05) is 7.11 Å². The van der Waals surface area contributed by atoms with Gasteiger partial charge in [0.25, 0.3) is 0 Å². The summed E-state index contributed by atoms with van der Waals surface area (Å²) in [4.78, 5) is 25.0. The molecule has 1 aliphatic heterocycles. The molecule has 7 heteroatoms. The van der Waals surface area contributed by atoms with E-state index in [1.165, 1.54) is 19.2 Å². The van der Waals surface area contributed by atoms with Crippen LogP contribution in [0, 0.1) is 5.82 Å². The van der Waals surface area contributed by atoms with Crippen LogP contribution in [0.3, 0.4) is 0 Å². The zero-order valence-corrected chi connectivity index (χ0v) is 17.3. The fourth-order valence-electron chi connectivity index (χ4n) is 3.48. The molecule has 2 N–H and O–H groups in total. The number of hydrogen-bond acceptors (Lipinski definition) is 4. The van der Waals surface area contributed by atoms with Crippen molar-refractivity contribution >= 4 is 17.7 Å². The summed E-state index contributed by atoms with van der Waals surface area (Å²) in [5.41, 5.74) is 2.94. The van der Waals surface area contributed by atoms with E-state index in [-0.39, 0.29) is 12.4 Å². The van der Waals surface area contributed by atoms with Crippen molar-refractivity contribution in [3.8, 4) is 5.75 Å². The Morgan fingerprint density at radius 2 is 1.66 bits per heavy atom. The first kappa shape index (κ1) is 21.1. The molecule has 0 saturated carbocycles. The summed E-state index contributed by atoms with van der Waals surface area (Å²) in [6.07, 6.45) is 0. The average Bonchev–Trinajstić information content (AvgIpc) is 2.83. The summed E-state index contributed by atoms with van der Waals surface area (Å²) in [6.45, 7) is 0.287. The zero-order chi connectivity index (χ0) is 22.5. The van der Waals surface area contributed by atoms with Crippen LogP contribution in [-0.4, -0.2) is 19.1 Å². The smallest absolute Gasteiger partial charge is 0.338 e. The molecule has 3 aromatic carbocycles. The van der Waals surface area contributed by atoms with Gasteiger partial charge in [-0.25, -0.2) is 14.0 Å². The molecule has 162 valence electrons. The third-order valence-electron chi connectivity index (χ3n) is 5.07. The number of carbonyl (C=O) groups excluding carboxylic acids is 2. The molecule has 4 rings (SSSR count). The highest BCUT2D eigenvalue weighted by atomic mass is 19.1. The van der Waals surface area contributed by atoms with Gasteiger partial charge in [0, 0.05) is 0 Å². The number of urea groups is 1. The summed E-state index contributed by atoms with van der Waals surface area (Å²) in [6, 6.07) is 21.2. The lowest BCUT2D eigenvalue weighted by atomic mass is 9.92. The van der Waals surface area contributed by atoms with Gasteiger partial charge in [0.05, 0.1) is 24.4 Å². The largest absolute Gasteiger partial charge is 0.489 e. The van der Waals surface area contributed by atoms with Crippen LogP contribution in [-0.2, 0) is 16.1 Å². The lowest BCUT2D eigenvalue weighted by Gasteiger charge is -2.29. The van der Waals surface area contributed by atoms with Crippen molar-refractivity contribution in [2.24, 2.45) is 0 Å². The molecule has 0 aromatic heterocycles. The van der Waals surface area contributed by atoms with E-state index in [1.807, 2.05) is 30.3 Å². The molecule has 1 unspecified atom stereocenters. The standard InChI is InChI=1S/C25H21FN2O4/c1-31-24(29)21-22(17-5-3-2-4-6-17)27-25(30)28-23(21)18-9-13-20(14-10-18)32-15-16-7-11-19(26)12-8-16/h2-14,23H,15H2,1H3,(H2,27,28,30). The number of amides is 2. The van der Waals surface area contributed by atoms with Crippen molar-refractivity contribution in [3.05, 3.63) is 107 Å². The van der Waals surface area contributed by atoms with Crippen LogP contribution in [0.25, 0.3) is 5.70 Å². The van der Waals surface area contributed by atoms with Gasteiger partial charge in [-0.1, -0.05) is 54.6 Å². The van der Waals surface area contributed by atoms with E-state index < -0.39 is 18.0 Å². The molecule has 0 radical (unpaired) electrons. The van der Waals surface area contributed by atoms with Crippen LogP contribution in [0.15, 0.2) is 84.4 Å². The predicted octanol–water partition coefficient (Wildman–Crippen LogP) is 4.34. The van der Waals surface area contributed by atoms with Crippen LogP contribution in [0.4, 0.5) is 9.18 Å². The lowest BCUT2D eigenvalue weighted by Crippen LogP contribution is -2.45. The monoisotopic (exact) mass is 432 g/mol. The SMILES string of the molecule is COC(=O)C1=C(c2ccccc2)NC(=O)NC1c1ccc(OCc2ccc(F)cc2)cc1. The Morgan fingerprint density at radius 1 is 0.969 bits per heavy atom. The van der Waals surface area contributed by atoms with E-state index in [0.717, 1.165) is 5.56 Å². The van der Waals surface area contributed by atoms with Gasteiger partial charge in [-0.3, -0.25) is 0 Å². The van der Waals surface area contributed by atoms with Crippen molar-refractivity contribution in [1.82, 2.24) is 10.6 Å². The number of benzene rings is 3. The lowest BCUT2D eigenvalue weighted by molar-refractivity contribution is -0.136. The highest BCUT2D eigenvalue weighted by Crippen LogP contribution is 2.32. The van der Waals surface area contributed by atoms with Gasteiger partial charge >= 0.3 is 12.0 Å². The fourth-order valence-corrected chi connectivity index (χ4v) is 3.48. The van der Waals surface area contributed by atoms with Crippen LogP contribution in [0.5, 0.6) is 5.75 Å².